The third kappa shape index (κ3) is 8.86. The van der Waals surface area contributed by atoms with Gasteiger partial charge in [-0.1, -0.05) is 11.8 Å². The van der Waals surface area contributed by atoms with Crippen molar-refractivity contribution in [1.82, 2.24) is 25.5 Å². The number of methoxy groups -OCH3 is 1. The molecule has 0 amide bonds. The van der Waals surface area contributed by atoms with E-state index in [0.29, 0.717) is 30.6 Å². The third-order valence-corrected chi connectivity index (χ3v) is 3.13. The van der Waals surface area contributed by atoms with Gasteiger partial charge in [0.2, 0.25) is 5.16 Å². The number of nitrogens with one attached hydrogen (secondary N) is 1. The number of hydrogen-bond donors (Lipinski definition) is 1. The fourth-order valence-corrected chi connectivity index (χ4v) is 2.06. The summed E-state index contributed by atoms with van der Waals surface area (Å²) in [7, 11) is 1.62. The van der Waals surface area contributed by atoms with E-state index >= 15 is 0 Å². The Labute approximate surface area is 124 Å². The van der Waals surface area contributed by atoms with Gasteiger partial charge in [-0.2, -0.15) is 13.2 Å². The van der Waals surface area contributed by atoms with Crippen molar-refractivity contribution in [1.29, 1.82) is 0 Å². The Hall–Kier alpha value is -0.910. The molecule has 7 nitrogen and oxygen atoms in total. The number of rotatable bonds is 11. The van der Waals surface area contributed by atoms with Crippen molar-refractivity contribution in [3.8, 4) is 0 Å². The summed E-state index contributed by atoms with van der Waals surface area (Å²) in [6, 6.07) is 0. The average Bonchev–Trinajstić information content (AvgIpc) is 2.84. The van der Waals surface area contributed by atoms with Crippen molar-refractivity contribution >= 4 is 11.8 Å². The van der Waals surface area contributed by atoms with E-state index in [4.69, 9.17) is 4.74 Å². The van der Waals surface area contributed by atoms with Crippen LogP contribution in [0.5, 0.6) is 0 Å². The summed E-state index contributed by atoms with van der Waals surface area (Å²) in [4.78, 5) is 0. The molecule has 1 heterocycles. The third-order valence-electron chi connectivity index (χ3n) is 2.21. The Morgan fingerprint density at radius 3 is 2.81 bits per heavy atom. The van der Waals surface area contributed by atoms with Crippen molar-refractivity contribution in [2.45, 2.75) is 17.9 Å². The van der Waals surface area contributed by atoms with Crippen LogP contribution in [-0.4, -0.2) is 72.2 Å². The second kappa shape index (κ2) is 9.92. The molecule has 1 rings (SSSR count). The van der Waals surface area contributed by atoms with Gasteiger partial charge in [-0.25, -0.2) is 4.68 Å². The molecule has 0 aliphatic rings. The van der Waals surface area contributed by atoms with Crippen molar-refractivity contribution < 1.29 is 22.6 Å². The van der Waals surface area contributed by atoms with Crippen LogP contribution in [0, 0.1) is 0 Å². The first-order chi connectivity index (χ1) is 10.0. The van der Waals surface area contributed by atoms with E-state index < -0.39 is 12.8 Å². The molecule has 0 radical (unpaired) electrons. The van der Waals surface area contributed by atoms with Crippen LogP contribution in [0.15, 0.2) is 5.16 Å². The van der Waals surface area contributed by atoms with Crippen LogP contribution < -0.4 is 5.32 Å². The summed E-state index contributed by atoms with van der Waals surface area (Å²) in [6.45, 7) is 1.35. The Morgan fingerprint density at radius 2 is 2.10 bits per heavy atom. The maximum absolute atomic E-state index is 11.9. The van der Waals surface area contributed by atoms with Crippen LogP contribution in [0.4, 0.5) is 13.2 Å². The minimum absolute atomic E-state index is 0.0108. The maximum Gasteiger partial charge on any atom is 0.411 e. The molecule has 11 heteroatoms. The topological polar surface area (TPSA) is 74.1 Å². The quantitative estimate of drug-likeness (QED) is 0.470. The molecular formula is C10H18F3N5O2S. The lowest BCUT2D eigenvalue weighted by molar-refractivity contribution is -0.172. The van der Waals surface area contributed by atoms with E-state index in [1.807, 2.05) is 0 Å². The monoisotopic (exact) mass is 329 g/mol. The standard InChI is InChI=1S/C10H18F3N5O2S/c1-19-5-3-14-2-4-18-9(15-16-17-18)21-7-6-20-8-10(11,12)13/h14H,2-8H2,1H3. The Bertz CT molecular complexity index is 391. The predicted octanol–water partition coefficient (Wildman–Crippen LogP) is 0.580. The van der Waals surface area contributed by atoms with Crippen LogP contribution in [0.1, 0.15) is 0 Å². The van der Waals surface area contributed by atoms with Crippen LogP contribution in [0.3, 0.4) is 0 Å². The molecule has 0 aromatic carbocycles. The first-order valence-corrected chi connectivity index (χ1v) is 7.24. The SMILES string of the molecule is COCCNCCn1nnnc1SCCOCC(F)(F)F. The summed E-state index contributed by atoms with van der Waals surface area (Å²) >= 11 is 1.25. The van der Waals surface area contributed by atoms with Crippen molar-refractivity contribution in [2.75, 3.05) is 45.8 Å². The fraction of sp³-hybridized carbons (Fsp3) is 0.900. The lowest BCUT2D eigenvalue weighted by Crippen LogP contribution is -2.24. The number of ether oxygens (including phenoxy) is 2. The Kier molecular flexibility index (Phi) is 8.57. The molecular weight excluding hydrogens is 311 g/mol. The number of thioether (sulfide) groups is 1. The average molecular weight is 329 g/mol. The van der Waals surface area contributed by atoms with Gasteiger partial charge in [0.25, 0.3) is 0 Å². The fourth-order valence-electron chi connectivity index (χ4n) is 1.30. The molecule has 0 saturated carbocycles. The van der Waals surface area contributed by atoms with Gasteiger partial charge in [0.05, 0.1) is 19.8 Å². The van der Waals surface area contributed by atoms with Gasteiger partial charge in [-0.3, -0.25) is 0 Å². The highest BCUT2D eigenvalue weighted by Crippen LogP contribution is 2.16. The van der Waals surface area contributed by atoms with Crippen molar-refractivity contribution in [2.24, 2.45) is 0 Å². The molecule has 0 bridgehead atoms. The number of aromatic nitrogens is 4. The summed E-state index contributed by atoms with van der Waals surface area (Å²) in [5.74, 6) is 0.355. The molecule has 122 valence electrons. The normalized spacial score (nSPS) is 12.0. The minimum Gasteiger partial charge on any atom is -0.383 e. The summed E-state index contributed by atoms with van der Waals surface area (Å²) in [5.41, 5.74) is 0. The Balaban J connectivity index is 2.16. The molecule has 1 aromatic heterocycles. The van der Waals surface area contributed by atoms with Crippen LogP contribution in [0.25, 0.3) is 0 Å². The number of alkyl halides is 3. The zero-order chi connectivity index (χ0) is 15.6. The van der Waals surface area contributed by atoms with E-state index in [1.54, 1.807) is 11.8 Å². The molecule has 0 fully saturated rings. The first kappa shape index (κ1) is 18.1. The zero-order valence-electron chi connectivity index (χ0n) is 11.6. The van der Waals surface area contributed by atoms with Gasteiger partial charge in [0.15, 0.2) is 0 Å². The Morgan fingerprint density at radius 1 is 1.29 bits per heavy atom. The van der Waals surface area contributed by atoms with E-state index in [0.717, 1.165) is 6.54 Å². The first-order valence-electron chi connectivity index (χ1n) is 6.26. The molecule has 0 unspecified atom stereocenters. The van der Waals surface area contributed by atoms with E-state index in [-0.39, 0.29) is 6.61 Å². The van der Waals surface area contributed by atoms with E-state index in [1.165, 1.54) is 11.8 Å². The molecule has 0 saturated heterocycles. The van der Waals surface area contributed by atoms with Crippen molar-refractivity contribution in [3.05, 3.63) is 0 Å². The number of tetrazole rings is 1. The van der Waals surface area contributed by atoms with Gasteiger partial charge < -0.3 is 14.8 Å². The van der Waals surface area contributed by atoms with Gasteiger partial charge in [0, 0.05) is 26.0 Å². The molecule has 0 atom stereocenters. The summed E-state index contributed by atoms with van der Waals surface area (Å²) in [5, 5.41) is 14.9. The molecule has 0 aliphatic heterocycles. The molecule has 21 heavy (non-hydrogen) atoms. The van der Waals surface area contributed by atoms with Crippen LogP contribution >= 0.6 is 11.8 Å². The van der Waals surface area contributed by atoms with Crippen molar-refractivity contribution in [3.63, 3.8) is 0 Å². The number of nitrogens with zero attached hydrogens (tertiary/aromatic N) is 4. The van der Waals surface area contributed by atoms with Gasteiger partial charge in [0.1, 0.15) is 6.61 Å². The highest BCUT2D eigenvalue weighted by Gasteiger charge is 2.27. The van der Waals surface area contributed by atoms with Gasteiger partial charge in [-0.15, -0.1) is 5.10 Å². The van der Waals surface area contributed by atoms with Gasteiger partial charge >= 0.3 is 6.18 Å². The summed E-state index contributed by atoms with van der Waals surface area (Å²) < 4.78 is 46.6. The van der Waals surface area contributed by atoms with Crippen LogP contribution in [0.2, 0.25) is 0 Å². The number of halogens is 3. The summed E-state index contributed by atoms with van der Waals surface area (Å²) in [6.07, 6.45) is -4.29. The van der Waals surface area contributed by atoms with E-state index in [9.17, 15) is 13.2 Å². The lowest BCUT2D eigenvalue weighted by atomic mass is 10.6. The minimum atomic E-state index is -4.29. The molecule has 1 N–H and O–H groups in total. The second-order valence-electron chi connectivity index (χ2n) is 3.94. The lowest BCUT2D eigenvalue weighted by Gasteiger charge is -2.07. The smallest absolute Gasteiger partial charge is 0.383 e. The number of hydrogen-bond acceptors (Lipinski definition) is 7. The maximum atomic E-state index is 11.9. The highest BCUT2D eigenvalue weighted by molar-refractivity contribution is 7.99. The zero-order valence-corrected chi connectivity index (χ0v) is 12.4. The predicted molar refractivity (Wildman–Crippen MR) is 70.2 cm³/mol. The van der Waals surface area contributed by atoms with E-state index in [2.05, 4.69) is 25.6 Å². The van der Waals surface area contributed by atoms with Crippen LogP contribution in [-0.2, 0) is 16.0 Å². The molecule has 0 spiro atoms. The molecule has 0 aliphatic carbocycles. The second-order valence-corrected chi connectivity index (χ2v) is 5.01. The largest absolute Gasteiger partial charge is 0.411 e. The highest BCUT2D eigenvalue weighted by atomic mass is 32.2. The molecule has 1 aromatic rings. The van der Waals surface area contributed by atoms with Gasteiger partial charge in [-0.05, 0) is 10.4 Å².